The van der Waals surface area contributed by atoms with E-state index in [1.807, 2.05) is 0 Å². The first kappa shape index (κ1) is 9.35. The minimum Gasteiger partial charge on any atom is -0.366 e. The van der Waals surface area contributed by atoms with Crippen LogP contribution in [0, 0.1) is 0 Å². The number of hydrogen-bond acceptors (Lipinski definition) is 6. The highest BCUT2D eigenvalue weighted by Crippen LogP contribution is 2.17. The van der Waals surface area contributed by atoms with Gasteiger partial charge in [-0.2, -0.15) is 13.8 Å². The van der Waals surface area contributed by atoms with Gasteiger partial charge >= 0.3 is 0 Å². The molecule has 0 atom stereocenters. The molecule has 0 unspecified atom stereocenters. The Morgan fingerprint density at radius 3 is 3.07 bits per heavy atom. The van der Waals surface area contributed by atoms with Gasteiger partial charge in [0, 0.05) is 13.0 Å². The zero-order valence-corrected chi connectivity index (χ0v) is 8.64. The van der Waals surface area contributed by atoms with Gasteiger partial charge in [-0.15, -0.1) is 0 Å². The first-order valence-electron chi connectivity index (χ1n) is 3.92. The Labute approximate surface area is 89.1 Å². The Bertz CT molecular complexity index is 385. The summed E-state index contributed by atoms with van der Waals surface area (Å²) in [6, 6.07) is 0. The van der Waals surface area contributed by atoms with Crippen molar-refractivity contribution < 1.29 is 0 Å². The lowest BCUT2D eigenvalue weighted by Crippen LogP contribution is -2.06. The molecular formula is C6H7ClN6S. The highest BCUT2D eigenvalue weighted by atomic mass is 35.5. The summed E-state index contributed by atoms with van der Waals surface area (Å²) in [5.41, 5.74) is 0. The number of anilines is 1. The molecule has 2 aromatic rings. The number of rotatable bonds is 4. The van der Waals surface area contributed by atoms with Crippen molar-refractivity contribution in [3.8, 4) is 0 Å². The molecule has 74 valence electrons. The zero-order valence-electron chi connectivity index (χ0n) is 7.07. The minimum absolute atomic E-state index is 0.410. The van der Waals surface area contributed by atoms with Crippen molar-refractivity contribution >= 4 is 29.1 Å². The molecule has 0 aliphatic rings. The van der Waals surface area contributed by atoms with Crippen LogP contribution in [0.4, 0.5) is 5.82 Å². The molecule has 0 fully saturated rings. The van der Waals surface area contributed by atoms with E-state index in [1.54, 1.807) is 0 Å². The van der Waals surface area contributed by atoms with Gasteiger partial charge in [-0.05, 0) is 0 Å². The Morgan fingerprint density at radius 2 is 2.43 bits per heavy atom. The van der Waals surface area contributed by atoms with Crippen LogP contribution in [0.3, 0.4) is 0 Å². The second kappa shape index (κ2) is 4.34. The quantitative estimate of drug-likeness (QED) is 0.818. The van der Waals surface area contributed by atoms with Crippen molar-refractivity contribution in [3.05, 3.63) is 17.3 Å². The summed E-state index contributed by atoms with van der Waals surface area (Å²) in [7, 11) is 0. The molecule has 2 heterocycles. The topological polar surface area (TPSA) is 79.4 Å². The van der Waals surface area contributed by atoms with Crippen LogP contribution in [-0.2, 0) is 6.42 Å². The normalized spacial score (nSPS) is 10.4. The summed E-state index contributed by atoms with van der Waals surface area (Å²) in [6.07, 6.45) is 2.22. The molecule has 0 spiro atoms. The van der Waals surface area contributed by atoms with E-state index in [0.717, 1.165) is 24.0 Å². The van der Waals surface area contributed by atoms with Crippen molar-refractivity contribution in [2.45, 2.75) is 6.42 Å². The fourth-order valence-corrected chi connectivity index (χ4v) is 1.62. The van der Waals surface area contributed by atoms with Crippen LogP contribution in [0.2, 0.25) is 5.15 Å². The van der Waals surface area contributed by atoms with Gasteiger partial charge in [0.2, 0.25) is 0 Å². The average molecular weight is 231 g/mol. The number of aromatic amines is 1. The maximum absolute atomic E-state index is 5.74. The van der Waals surface area contributed by atoms with Crippen molar-refractivity contribution in [3.63, 3.8) is 0 Å². The van der Waals surface area contributed by atoms with Crippen molar-refractivity contribution in [2.24, 2.45) is 0 Å². The highest BCUT2D eigenvalue weighted by Gasteiger charge is 2.03. The maximum atomic E-state index is 5.74. The molecule has 6 nitrogen and oxygen atoms in total. The summed E-state index contributed by atoms with van der Waals surface area (Å²) in [5, 5.41) is 9.96. The molecule has 0 aromatic carbocycles. The fourth-order valence-electron chi connectivity index (χ4n) is 0.934. The molecule has 0 bridgehead atoms. The fraction of sp³-hybridized carbons (Fsp3) is 0.333. The van der Waals surface area contributed by atoms with Gasteiger partial charge in [0.1, 0.15) is 12.2 Å². The van der Waals surface area contributed by atoms with Crippen molar-refractivity contribution in [2.75, 3.05) is 11.9 Å². The number of H-pyrrole nitrogens is 1. The molecule has 14 heavy (non-hydrogen) atoms. The Kier molecular flexibility index (Phi) is 2.90. The molecule has 0 aliphatic carbocycles. The number of aromatic nitrogens is 5. The lowest BCUT2D eigenvalue weighted by atomic mass is 10.4. The molecule has 0 aliphatic heterocycles. The van der Waals surface area contributed by atoms with E-state index < -0.39 is 0 Å². The molecular weight excluding hydrogens is 224 g/mol. The zero-order chi connectivity index (χ0) is 9.80. The Balaban J connectivity index is 1.81. The number of halogens is 1. The van der Waals surface area contributed by atoms with Crippen LogP contribution in [0.1, 0.15) is 5.82 Å². The van der Waals surface area contributed by atoms with Gasteiger partial charge in [0.05, 0.1) is 11.7 Å². The van der Waals surface area contributed by atoms with Crippen LogP contribution in [0.25, 0.3) is 0 Å². The van der Waals surface area contributed by atoms with Gasteiger partial charge in [-0.25, -0.2) is 4.98 Å². The first-order valence-corrected chi connectivity index (χ1v) is 5.03. The van der Waals surface area contributed by atoms with Gasteiger partial charge in [-0.3, -0.25) is 5.10 Å². The van der Waals surface area contributed by atoms with E-state index in [0.29, 0.717) is 17.5 Å². The summed E-state index contributed by atoms with van der Waals surface area (Å²) < 4.78 is 7.81. The lowest BCUT2D eigenvalue weighted by Gasteiger charge is -1.99. The third-order valence-corrected chi connectivity index (χ3v) is 2.46. The molecule has 0 saturated carbocycles. The van der Waals surface area contributed by atoms with Crippen LogP contribution in [0.5, 0.6) is 0 Å². The number of hydrogen-bond donors (Lipinski definition) is 2. The van der Waals surface area contributed by atoms with Gasteiger partial charge in [0.15, 0.2) is 11.0 Å². The van der Waals surface area contributed by atoms with Crippen LogP contribution in [-0.4, -0.2) is 30.5 Å². The Hall–Kier alpha value is -1.21. The third-order valence-electron chi connectivity index (χ3n) is 1.57. The highest BCUT2D eigenvalue weighted by molar-refractivity contribution is 6.99. The van der Waals surface area contributed by atoms with Crippen LogP contribution in [0.15, 0.2) is 6.33 Å². The van der Waals surface area contributed by atoms with E-state index >= 15 is 0 Å². The minimum atomic E-state index is 0.410. The molecule has 2 aromatic heterocycles. The summed E-state index contributed by atoms with van der Waals surface area (Å²) in [5.74, 6) is 1.45. The largest absolute Gasteiger partial charge is 0.366 e. The number of nitrogens with one attached hydrogen (secondary N) is 2. The van der Waals surface area contributed by atoms with Gasteiger partial charge < -0.3 is 5.32 Å². The lowest BCUT2D eigenvalue weighted by molar-refractivity contribution is 0.899. The molecule has 2 N–H and O–H groups in total. The third kappa shape index (κ3) is 2.18. The molecule has 8 heteroatoms. The van der Waals surface area contributed by atoms with Gasteiger partial charge in [-0.1, -0.05) is 11.6 Å². The smallest absolute Gasteiger partial charge is 0.186 e. The second-order valence-electron chi connectivity index (χ2n) is 2.51. The summed E-state index contributed by atoms with van der Waals surface area (Å²) >= 11 is 6.82. The SMILES string of the molecule is Clc1nsnc1NCCc1ncn[nH]1. The second-order valence-corrected chi connectivity index (χ2v) is 3.40. The van der Waals surface area contributed by atoms with E-state index in [4.69, 9.17) is 11.6 Å². The predicted octanol–water partition coefficient (Wildman–Crippen LogP) is 0.964. The van der Waals surface area contributed by atoms with E-state index in [2.05, 4.69) is 29.2 Å². The molecule has 0 saturated heterocycles. The first-order chi connectivity index (χ1) is 6.86. The van der Waals surface area contributed by atoms with Crippen LogP contribution >= 0.6 is 23.3 Å². The summed E-state index contributed by atoms with van der Waals surface area (Å²) in [4.78, 5) is 3.98. The van der Waals surface area contributed by atoms with Crippen molar-refractivity contribution in [1.29, 1.82) is 0 Å². The monoisotopic (exact) mass is 230 g/mol. The molecule has 0 amide bonds. The predicted molar refractivity (Wildman–Crippen MR) is 53.5 cm³/mol. The number of nitrogens with zero attached hydrogens (tertiary/aromatic N) is 4. The van der Waals surface area contributed by atoms with E-state index in [9.17, 15) is 0 Å². The van der Waals surface area contributed by atoms with Gasteiger partial charge in [0.25, 0.3) is 0 Å². The van der Waals surface area contributed by atoms with E-state index in [1.165, 1.54) is 6.33 Å². The van der Waals surface area contributed by atoms with Crippen molar-refractivity contribution in [1.82, 2.24) is 23.9 Å². The van der Waals surface area contributed by atoms with Crippen LogP contribution < -0.4 is 5.32 Å². The van der Waals surface area contributed by atoms with E-state index in [-0.39, 0.29) is 0 Å². The average Bonchev–Trinajstić information content (AvgIpc) is 2.78. The molecule has 2 rings (SSSR count). The Morgan fingerprint density at radius 1 is 1.50 bits per heavy atom. The standard InChI is InChI=1S/C6H7ClN6S/c7-5-6(13-14-12-5)8-2-1-4-9-3-10-11-4/h3H,1-2H2,(H,8,13)(H,9,10,11). The maximum Gasteiger partial charge on any atom is 0.186 e. The molecule has 0 radical (unpaired) electrons. The summed E-state index contributed by atoms with van der Waals surface area (Å²) in [6.45, 7) is 0.695.